The van der Waals surface area contributed by atoms with Gasteiger partial charge in [0.1, 0.15) is 10.0 Å². The maximum absolute atomic E-state index is 11.8. The van der Waals surface area contributed by atoms with Gasteiger partial charge in [0.05, 0.1) is 18.7 Å². The van der Waals surface area contributed by atoms with Crippen molar-refractivity contribution in [3.63, 3.8) is 0 Å². The first-order chi connectivity index (χ1) is 9.08. The van der Waals surface area contributed by atoms with E-state index < -0.39 is 0 Å². The lowest BCUT2D eigenvalue weighted by Crippen LogP contribution is -2.14. The fourth-order valence-corrected chi connectivity index (χ4v) is 2.87. The molecule has 1 amide bonds. The van der Waals surface area contributed by atoms with Gasteiger partial charge in [0.25, 0.3) is 0 Å². The summed E-state index contributed by atoms with van der Waals surface area (Å²) < 4.78 is 0. The van der Waals surface area contributed by atoms with Crippen LogP contribution in [-0.4, -0.2) is 26.2 Å². The van der Waals surface area contributed by atoms with Crippen LogP contribution in [0.25, 0.3) is 0 Å². The van der Waals surface area contributed by atoms with Crippen molar-refractivity contribution in [2.75, 3.05) is 5.32 Å². The summed E-state index contributed by atoms with van der Waals surface area (Å²) in [7, 11) is 0. The van der Waals surface area contributed by atoms with Crippen LogP contribution in [0.15, 0.2) is 5.38 Å². The Labute approximate surface area is 118 Å². The lowest BCUT2D eigenvalue weighted by molar-refractivity contribution is -0.115. The van der Waals surface area contributed by atoms with Crippen LogP contribution in [0.2, 0.25) is 0 Å². The fraction of sp³-hybridized carbons (Fsp3) is 0.455. The molecule has 0 aliphatic carbocycles. The molecule has 0 spiro atoms. The Kier molecular flexibility index (Phi) is 4.56. The van der Waals surface area contributed by atoms with Gasteiger partial charge in [-0.25, -0.2) is 4.98 Å². The summed E-state index contributed by atoms with van der Waals surface area (Å²) in [6, 6.07) is 0. The van der Waals surface area contributed by atoms with Gasteiger partial charge < -0.3 is 10.4 Å². The summed E-state index contributed by atoms with van der Waals surface area (Å²) in [5.41, 5.74) is 0.589. The molecule has 0 radical (unpaired) electrons. The van der Waals surface area contributed by atoms with E-state index in [-0.39, 0.29) is 18.9 Å². The SMILES string of the molecule is CC(C)c1nnc(NC(=O)Cc2nc(CO)cs2)s1. The van der Waals surface area contributed by atoms with E-state index >= 15 is 0 Å². The summed E-state index contributed by atoms with van der Waals surface area (Å²) in [5.74, 6) is 0.125. The van der Waals surface area contributed by atoms with Crippen molar-refractivity contribution in [2.24, 2.45) is 0 Å². The Morgan fingerprint density at radius 2 is 2.26 bits per heavy atom. The third-order valence-electron chi connectivity index (χ3n) is 2.25. The van der Waals surface area contributed by atoms with E-state index in [1.54, 1.807) is 5.38 Å². The molecular weight excluding hydrogens is 284 g/mol. The molecule has 0 aromatic carbocycles. The van der Waals surface area contributed by atoms with Crippen molar-refractivity contribution >= 4 is 33.7 Å². The van der Waals surface area contributed by atoms with Gasteiger partial charge in [0.15, 0.2) is 0 Å². The summed E-state index contributed by atoms with van der Waals surface area (Å²) in [4.78, 5) is 15.9. The second-order valence-corrected chi connectivity index (χ2v) is 6.17. The number of rotatable bonds is 5. The molecule has 2 heterocycles. The van der Waals surface area contributed by atoms with Crippen molar-refractivity contribution < 1.29 is 9.90 Å². The average molecular weight is 298 g/mol. The predicted molar refractivity (Wildman–Crippen MR) is 74.4 cm³/mol. The number of aromatic nitrogens is 3. The van der Waals surface area contributed by atoms with Gasteiger partial charge in [-0.2, -0.15) is 0 Å². The van der Waals surface area contributed by atoms with Crippen LogP contribution in [0, 0.1) is 0 Å². The standard InChI is InChI=1S/C11H14N4O2S2/c1-6(2)10-14-15-11(19-10)13-8(17)3-9-12-7(4-16)5-18-9/h5-6,16H,3-4H2,1-2H3,(H,13,15,17). The molecule has 2 rings (SSSR count). The Morgan fingerprint density at radius 3 is 2.84 bits per heavy atom. The van der Waals surface area contributed by atoms with Gasteiger partial charge in [-0.1, -0.05) is 25.2 Å². The van der Waals surface area contributed by atoms with Crippen LogP contribution < -0.4 is 5.32 Å². The molecule has 2 aromatic rings. The highest BCUT2D eigenvalue weighted by Crippen LogP contribution is 2.22. The van der Waals surface area contributed by atoms with Crippen LogP contribution in [0.5, 0.6) is 0 Å². The van der Waals surface area contributed by atoms with Crippen LogP contribution in [-0.2, 0) is 17.8 Å². The van der Waals surface area contributed by atoms with Crippen molar-refractivity contribution in [3.8, 4) is 0 Å². The number of hydrogen-bond acceptors (Lipinski definition) is 7. The molecule has 8 heteroatoms. The number of anilines is 1. The first-order valence-corrected chi connectivity index (χ1v) is 7.45. The highest BCUT2D eigenvalue weighted by atomic mass is 32.1. The average Bonchev–Trinajstić information content (AvgIpc) is 2.98. The topological polar surface area (TPSA) is 88.0 Å². The van der Waals surface area contributed by atoms with Gasteiger partial charge in [-0.15, -0.1) is 21.5 Å². The minimum Gasteiger partial charge on any atom is -0.390 e. The molecule has 2 aromatic heterocycles. The van der Waals surface area contributed by atoms with Gasteiger partial charge in [-0.05, 0) is 0 Å². The Hall–Kier alpha value is -1.38. The van der Waals surface area contributed by atoms with E-state index in [0.717, 1.165) is 5.01 Å². The molecule has 0 bridgehead atoms. The monoisotopic (exact) mass is 298 g/mol. The molecule has 0 aliphatic rings. The zero-order chi connectivity index (χ0) is 13.8. The van der Waals surface area contributed by atoms with Gasteiger partial charge in [-0.3, -0.25) is 4.79 Å². The van der Waals surface area contributed by atoms with Crippen LogP contribution in [0.1, 0.15) is 35.5 Å². The van der Waals surface area contributed by atoms with Crippen molar-refractivity contribution in [1.29, 1.82) is 0 Å². The Morgan fingerprint density at radius 1 is 1.47 bits per heavy atom. The van der Waals surface area contributed by atoms with Crippen molar-refractivity contribution in [3.05, 3.63) is 21.1 Å². The first-order valence-electron chi connectivity index (χ1n) is 5.76. The highest BCUT2D eigenvalue weighted by molar-refractivity contribution is 7.15. The molecule has 0 fully saturated rings. The molecule has 102 valence electrons. The molecule has 0 atom stereocenters. The van der Waals surface area contributed by atoms with Crippen LogP contribution in [0.3, 0.4) is 0 Å². The fourth-order valence-electron chi connectivity index (χ4n) is 1.32. The minimum absolute atomic E-state index is 0.105. The second-order valence-electron chi connectivity index (χ2n) is 4.22. The lowest BCUT2D eigenvalue weighted by Gasteiger charge is -1.98. The number of thiazole rings is 1. The number of nitrogens with zero attached hydrogens (tertiary/aromatic N) is 3. The van der Waals surface area contributed by atoms with Gasteiger partial charge in [0, 0.05) is 11.3 Å². The third-order valence-corrected chi connectivity index (χ3v) is 4.29. The molecule has 0 saturated carbocycles. The molecular formula is C11H14N4O2S2. The summed E-state index contributed by atoms with van der Waals surface area (Å²) in [6.07, 6.45) is 0.182. The van der Waals surface area contributed by atoms with Crippen LogP contribution in [0.4, 0.5) is 5.13 Å². The predicted octanol–water partition coefficient (Wildman–Crippen LogP) is 1.79. The maximum Gasteiger partial charge on any atom is 0.233 e. The highest BCUT2D eigenvalue weighted by Gasteiger charge is 2.12. The number of aliphatic hydroxyl groups excluding tert-OH is 1. The van der Waals surface area contributed by atoms with E-state index in [1.165, 1.54) is 22.7 Å². The summed E-state index contributed by atoms with van der Waals surface area (Å²) in [6.45, 7) is 3.95. The molecule has 0 unspecified atom stereocenters. The van der Waals surface area contributed by atoms with E-state index in [4.69, 9.17) is 5.11 Å². The number of amides is 1. The Bertz CT molecular complexity index is 565. The molecule has 2 N–H and O–H groups in total. The van der Waals surface area contributed by atoms with Crippen molar-refractivity contribution in [2.45, 2.75) is 32.8 Å². The quantitative estimate of drug-likeness (QED) is 0.878. The largest absolute Gasteiger partial charge is 0.390 e. The zero-order valence-electron chi connectivity index (χ0n) is 10.6. The molecule has 6 nitrogen and oxygen atoms in total. The van der Waals surface area contributed by atoms with E-state index in [9.17, 15) is 4.79 Å². The zero-order valence-corrected chi connectivity index (χ0v) is 12.2. The summed E-state index contributed by atoms with van der Waals surface area (Å²) in [5, 5.41) is 23.3. The van der Waals surface area contributed by atoms with Crippen molar-refractivity contribution in [1.82, 2.24) is 15.2 Å². The summed E-state index contributed by atoms with van der Waals surface area (Å²) >= 11 is 2.74. The normalized spacial score (nSPS) is 10.9. The second kappa shape index (κ2) is 6.18. The lowest BCUT2D eigenvalue weighted by atomic mass is 10.2. The smallest absolute Gasteiger partial charge is 0.233 e. The third kappa shape index (κ3) is 3.79. The van der Waals surface area contributed by atoms with E-state index in [1.807, 2.05) is 13.8 Å². The molecule has 0 saturated heterocycles. The Balaban J connectivity index is 1.93. The number of hydrogen-bond donors (Lipinski definition) is 2. The van der Waals surface area contributed by atoms with Gasteiger partial charge >= 0.3 is 0 Å². The molecule has 19 heavy (non-hydrogen) atoms. The van der Waals surface area contributed by atoms with E-state index in [2.05, 4.69) is 20.5 Å². The first kappa shape index (κ1) is 14.0. The number of carbonyl (C=O) groups is 1. The van der Waals surface area contributed by atoms with Gasteiger partial charge in [0.2, 0.25) is 11.0 Å². The van der Waals surface area contributed by atoms with E-state index in [0.29, 0.717) is 21.8 Å². The maximum atomic E-state index is 11.8. The number of nitrogens with one attached hydrogen (secondary N) is 1. The molecule has 0 aliphatic heterocycles. The minimum atomic E-state index is -0.176. The number of aliphatic hydroxyl groups is 1. The van der Waals surface area contributed by atoms with Crippen LogP contribution >= 0.6 is 22.7 Å². The number of carbonyl (C=O) groups excluding carboxylic acids is 1.